The lowest BCUT2D eigenvalue weighted by Gasteiger charge is -2.47. The SMILES string of the molecule is CC(C)(C)C1CN(C2CCOC2)C(C2CC2)CN1. The zero-order valence-corrected chi connectivity index (χ0v) is 12.1. The van der Waals surface area contributed by atoms with Gasteiger partial charge in [0.1, 0.15) is 0 Å². The first-order valence-corrected chi connectivity index (χ1v) is 7.62. The molecule has 1 saturated carbocycles. The van der Waals surface area contributed by atoms with E-state index in [2.05, 4.69) is 31.0 Å². The second kappa shape index (κ2) is 4.77. The van der Waals surface area contributed by atoms with Crippen LogP contribution in [-0.2, 0) is 4.74 Å². The van der Waals surface area contributed by atoms with Gasteiger partial charge in [-0.1, -0.05) is 20.8 Å². The van der Waals surface area contributed by atoms with Crippen LogP contribution < -0.4 is 5.32 Å². The summed E-state index contributed by atoms with van der Waals surface area (Å²) in [6, 6.07) is 2.07. The van der Waals surface area contributed by atoms with Gasteiger partial charge in [0, 0.05) is 37.8 Å². The second-order valence-corrected chi connectivity index (χ2v) is 7.45. The van der Waals surface area contributed by atoms with Crippen molar-refractivity contribution in [1.82, 2.24) is 10.2 Å². The summed E-state index contributed by atoms with van der Waals surface area (Å²) in [4.78, 5) is 2.79. The maximum Gasteiger partial charge on any atom is 0.0622 e. The summed E-state index contributed by atoms with van der Waals surface area (Å²) >= 11 is 0. The molecule has 3 aliphatic rings. The third-order valence-electron chi connectivity index (χ3n) is 4.98. The van der Waals surface area contributed by atoms with Crippen LogP contribution in [0.4, 0.5) is 0 Å². The van der Waals surface area contributed by atoms with Crippen molar-refractivity contribution in [2.75, 3.05) is 26.3 Å². The lowest BCUT2D eigenvalue weighted by molar-refractivity contribution is 0.0342. The van der Waals surface area contributed by atoms with Crippen molar-refractivity contribution >= 4 is 0 Å². The Bertz CT molecular complexity index is 289. The maximum absolute atomic E-state index is 5.62. The van der Waals surface area contributed by atoms with Gasteiger partial charge in [-0.15, -0.1) is 0 Å². The molecule has 3 fully saturated rings. The van der Waals surface area contributed by atoms with Crippen LogP contribution in [0.5, 0.6) is 0 Å². The van der Waals surface area contributed by atoms with Gasteiger partial charge in [0.2, 0.25) is 0 Å². The monoisotopic (exact) mass is 252 g/mol. The average molecular weight is 252 g/mol. The molecule has 2 heterocycles. The van der Waals surface area contributed by atoms with Crippen molar-refractivity contribution in [3.8, 4) is 0 Å². The summed E-state index contributed by atoms with van der Waals surface area (Å²) in [6.45, 7) is 11.4. The van der Waals surface area contributed by atoms with Crippen LogP contribution in [0.2, 0.25) is 0 Å². The highest BCUT2D eigenvalue weighted by molar-refractivity contribution is 5.00. The molecule has 104 valence electrons. The summed E-state index contributed by atoms with van der Waals surface area (Å²) in [5.41, 5.74) is 0.353. The fourth-order valence-electron chi connectivity index (χ4n) is 3.49. The third-order valence-corrected chi connectivity index (χ3v) is 4.98. The van der Waals surface area contributed by atoms with Crippen LogP contribution in [0.25, 0.3) is 0 Å². The van der Waals surface area contributed by atoms with E-state index in [9.17, 15) is 0 Å². The lowest BCUT2D eigenvalue weighted by Crippen LogP contribution is -2.63. The van der Waals surface area contributed by atoms with Gasteiger partial charge < -0.3 is 10.1 Å². The highest BCUT2D eigenvalue weighted by Crippen LogP contribution is 2.39. The highest BCUT2D eigenvalue weighted by atomic mass is 16.5. The standard InChI is InChI=1S/C15H28N2O/c1-15(2,3)14-9-17(12-6-7-18-10-12)13(8-16-14)11-4-5-11/h11-14,16H,4-10H2,1-3H3. The van der Waals surface area contributed by atoms with E-state index in [0.717, 1.165) is 25.2 Å². The van der Waals surface area contributed by atoms with E-state index >= 15 is 0 Å². The van der Waals surface area contributed by atoms with Crippen molar-refractivity contribution < 1.29 is 4.74 Å². The van der Waals surface area contributed by atoms with Gasteiger partial charge in [-0.3, -0.25) is 4.90 Å². The Morgan fingerprint density at radius 2 is 1.94 bits per heavy atom. The molecule has 0 spiro atoms. The molecule has 1 N–H and O–H groups in total. The van der Waals surface area contributed by atoms with Crippen LogP contribution in [0.15, 0.2) is 0 Å². The van der Waals surface area contributed by atoms with Gasteiger partial charge in [0.15, 0.2) is 0 Å². The molecule has 0 bridgehead atoms. The molecule has 0 aromatic rings. The minimum Gasteiger partial charge on any atom is -0.380 e. The van der Waals surface area contributed by atoms with Gasteiger partial charge in [0.05, 0.1) is 6.61 Å². The maximum atomic E-state index is 5.62. The molecule has 0 aromatic heterocycles. The van der Waals surface area contributed by atoms with E-state index in [-0.39, 0.29) is 0 Å². The Hall–Kier alpha value is -0.120. The second-order valence-electron chi connectivity index (χ2n) is 7.45. The molecular formula is C15H28N2O. The number of piperazine rings is 1. The minimum atomic E-state index is 0.353. The molecule has 0 radical (unpaired) electrons. The van der Waals surface area contributed by atoms with Crippen molar-refractivity contribution in [1.29, 1.82) is 0 Å². The average Bonchev–Trinajstić information content (AvgIpc) is 3.02. The van der Waals surface area contributed by atoms with Gasteiger partial charge in [-0.25, -0.2) is 0 Å². The summed E-state index contributed by atoms with van der Waals surface area (Å²) in [5.74, 6) is 0.957. The van der Waals surface area contributed by atoms with Gasteiger partial charge in [-0.05, 0) is 30.6 Å². The molecule has 3 rings (SSSR count). The first-order valence-electron chi connectivity index (χ1n) is 7.62. The third kappa shape index (κ3) is 2.59. The summed E-state index contributed by atoms with van der Waals surface area (Å²) in [6.07, 6.45) is 4.12. The topological polar surface area (TPSA) is 24.5 Å². The predicted molar refractivity (Wildman–Crippen MR) is 73.7 cm³/mol. The molecule has 2 saturated heterocycles. The molecule has 3 unspecified atom stereocenters. The number of hydrogen-bond acceptors (Lipinski definition) is 3. The first-order chi connectivity index (χ1) is 8.55. The summed E-state index contributed by atoms with van der Waals surface area (Å²) < 4.78 is 5.62. The van der Waals surface area contributed by atoms with Crippen molar-refractivity contribution in [3.05, 3.63) is 0 Å². The number of hydrogen-bond donors (Lipinski definition) is 1. The Kier molecular flexibility index (Phi) is 3.41. The largest absolute Gasteiger partial charge is 0.380 e. The normalized spacial score (nSPS) is 39.2. The van der Waals surface area contributed by atoms with E-state index in [0.29, 0.717) is 17.5 Å². The van der Waals surface area contributed by atoms with E-state index in [4.69, 9.17) is 4.74 Å². The molecule has 3 atom stereocenters. The van der Waals surface area contributed by atoms with Gasteiger partial charge in [0.25, 0.3) is 0 Å². The van der Waals surface area contributed by atoms with Crippen LogP contribution >= 0.6 is 0 Å². The Balaban J connectivity index is 1.71. The molecule has 2 aliphatic heterocycles. The predicted octanol–water partition coefficient (Wildman–Crippen LogP) is 1.87. The molecular weight excluding hydrogens is 224 g/mol. The van der Waals surface area contributed by atoms with Crippen molar-refractivity contribution in [2.24, 2.45) is 11.3 Å². The number of nitrogens with zero attached hydrogens (tertiary/aromatic N) is 1. The Morgan fingerprint density at radius 1 is 1.17 bits per heavy atom. The van der Waals surface area contributed by atoms with Gasteiger partial charge in [-0.2, -0.15) is 0 Å². The molecule has 0 amide bonds. The van der Waals surface area contributed by atoms with E-state index in [1.807, 2.05) is 0 Å². The van der Waals surface area contributed by atoms with E-state index in [1.54, 1.807) is 0 Å². The van der Waals surface area contributed by atoms with Crippen LogP contribution in [0, 0.1) is 11.3 Å². The van der Waals surface area contributed by atoms with Gasteiger partial charge >= 0.3 is 0 Å². The molecule has 3 nitrogen and oxygen atoms in total. The van der Waals surface area contributed by atoms with Crippen molar-refractivity contribution in [2.45, 2.75) is 58.2 Å². The lowest BCUT2D eigenvalue weighted by atomic mass is 9.84. The number of rotatable bonds is 2. The zero-order valence-electron chi connectivity index (χ0n) is 12.1. The summed E-state index contributed by atoms with van der Waals surface area (Å²) in [7, 11) is 0. The fourth-order valence-corrected chi connectivity index (χ4v) is 3.49. The quantitative estimate of drug-likeness (QED) is 0.812. The summed E-state index contributed by atoms with van der Waals surface area (Å²) in [5, 5.41) is 3.80. The van der Waals surface area contributed by atoms with Crippen LogP contribution in [0.1, 0.15) is 40.0 Å². The fraction of sp³-hybridized carbons (Fsp3) is 1.00. The van der Waals surface area contributed by atoms with E-state index in [1.165, 1.54) is 32.4 Å². The zero-order chi connectivity index (χ0) is 12.8. The van der Waals surface area contributed by atoms with Crippen molar-refractivity contribution in [3.63, 3.8) is 0 Å². The van der Waals surface area contributed by atoms with E-state index < -0.39 is 0 Å². The Labute approximate surface area is 111 Å². The molecule has 1 aliphatic carbocycles. The highest BCUT2D eigenvalue weighted by Gasteiger charge is 2.44. The molecule has 0 aromatic carbocycles. The first kappa shape index (κ1) is 12.9. The van der Waals surface area contributed by atoms with Crippen LogP contribution in [-0.4, -0.2) is 49.3 Å². The number of ether oxygens (including phenoxy) is 1. The number of nitrogens with one attached hydrogen (secondary N) is 1. The molecule has 18 heavy (non-hydrogen) atoms. The molecule has 3 heteroatoms. The Morgan fingerprint density at radius 3 is 2.50 bits per heavy atom. The minimum absolute atomic E-state index is 0.353. The van der Waals surface area contributed by atoms with Crippen LogP contribution in [0.3, 0.4) is 0 Å². The smallest absolute Gasteiger partial charge is 0.0622 e.